The highest BCUT2D eigenvalue weighted by Gasteiger charge is 2.36. The molecule has 0 atom stereocenters. The zero-order valence-electron chi connectivity index (χ0n) is 17.0. The molecule has 32 heavy (non-hydrogen) atoms. The Balaban J connectivity index is 2.68. The average Bonchev–Trinajstić information content (AvgIpc) is 2.72. The molecule has 8 heteroatoms. The normalized spacial score (nSPS) is 10.6. The van der Waals surface area contributed by atoms with Crippen molar-refractivity contribution in [2.45, 2.75) is 13.8 Å². The quantitative estimate of drug-likeness (QED) is 0.445. The molecule has 0 aliphatic rings. The van der Waals surface area contributed by atoms with Gasteiger partial charge < -0.3 is 20.4 Å². The molecule has 0 saturated carbocycles. The Bertz CT molecular complexity index is 1120. The molecule has 0 aliphatic heterocycles. The van der Waals surface area contributed by atoms with Gasteiger partial charge in [0.25, 0.3) is 0 Å². The molecule has 0 bridgehead atoms. The smallest absolute Gasteiger partial charge is 0.337 e. The molecule has 0 unspecified atom stereocenters. The van der Waals surface area contributed by atoms with Gasteiger partial charge in [0, 0.05) is 11.1 Å². The molecule has 0 radical (unpaired) electrons. The maximum atomic E-state index is 12.3. The molecule has 0 heterocycles. The SMILES string of the molecule is Cc1ccc(-c2c(C(=O)O)c(C(=O)O)c(-c3ccc(C)cc3)c(C(=O)O)c2C(=O)O)cc1. The lowest BCUT2D eigenvalue weighted by Gasteiger charge is -2.21. The summed E-state index contributed by atoms with van der Waals surface area (Å²) in [5.41, 5.74) is -2.40. The molecule has 8 nitrogen and oxygen atoms in total. The fourth-order valence-corrected chi connectivity index (χ4v) is 3.62. The van der Waals surface area contributed by atoms with E-state index in [0.717, 1.165) is 11.1 Å². The van der Waals surface area contributed by atoms with Gasteiger partial charge in [-0.15, -0.1) is 0 Å². The number of hydrogen-bond donors (Lipinski definition) is 4. The fraction of sp³-hybridized carbons (Fsp3) is 0.0833. The van der Waals surface area contributed by atoms with Gasteiger partial charge in [-0.05, 0) is 25.0 Å². The zero-order chi connectivity index (χ0) is 23.7. The van der Waals surface area contributed by atoms with Crippen molar-refractivity contribution in [3.05, 3.63) is 81.9 Å². The van der Waals surface area contributed by atoms with Crippen molar-refractivity contribution in [2.24, 2.45) is 0 Å². The predicted octanol–water partition coefficient (Wildman–Crippen LogP) is 4.43. The summed E-state index contributed by atoms with van der Waals surface area (Å²) in [6.07, 6.45) is 0. The lowest BCUT2D eigenvalue weighted by Crippen LogP contribution is -2.21. The third kappa shape index (κ3) is 3.81. The lowest BCUT2D eigenvalue weighted by molar-refractivity contribution is 0.0639. The maximum Gasteiger partial charge on any atom is 0.337 e. The largest absolute Gasteiger partial charge is 0.478 e. The van der Waals surface area contributed by atoms with Crippen LogP contribution in [-0.4, -0.2) is 44.3 Å². The van der Waals surface area contributed by atoms with Crippen molar-refractivity contribution >= 4 is 23.9 Å². The number of benzene rings is 3. The van der Waals surface area contributed by atoms with Crippen molar-refractivity contribution in [1.29, 1.82) is 0 Å². The van der Waals surface area contributed by atoms with Crippen molar-refractivity contribution in [1.82, 2.24) is 0 Å². The van der Waals surface area contributed by atoms with Crippen LogP contribution in [0.2, 0.25) is 0 Å². The minimum absolute atomic E-state index is 0.0749. The van der Waals surface area contributed by atoms with E-state index < -0.39 is 57.3 Å². The van der Waals surface area contributed by atoms with Gasteiger partial charge in [0.1, 0.15) is 0 Å². The van der Waals surface area contributed by atoms with Gasteiger partial charge in [-0.1, -0.05) is 59.7 Å². The van der Waals surface area contributed by atoms with Gasteiger partial charge in [-0.25, -0.2) is 19.2 Å². The standard InChI is InChI=1S/C24H18O8/c1-11-3-7-13(8-4-11)15-17(21(25)26)19(23(29)30)16(14-9-5-12(2)6-10-14)20(24(31)32)18(15)22(27)28/h3-10H,1-2H3,(H,25,26)(H,27,28)(H,29,30)(H,31,32). The first-order valence-corrected chi connectivity index (χ1v) is 9.35. The summed E-state index contributed by atoms with van der Waals surface area (Å²) in [6.45, 7) is 3.51. The Morgan fingerprint density at radius 1 is 0.469 bits per heavy atom. The summed E-state index contributed by atoms with van der Waals surface area (Å²) in [6, 6.07) is 12.0. The third-order valence-electron chi connectivity index (χ3n) is 5.04. The molecule has 0 aliphatic carbocycles. The highest BCUT2D eigenvalue weighted by Crippen LogP contribution is 2.41. The molecule has 3 aromatic carbocycles. The summed E-state index contributed by atoms with van der Waals surface area (Å²) in [5, 5.41) is 39.8. The summed E-state index contributed by atoms with van der Waals surface area (Å²) in [4.78, 5) is 49.1. The van der Waals surface area contributed by atoms with Crippen LogP contribution >= 0.6 is 0 Å². The number of aromatic carboxylic acids is 4. The number of carboxylic acids is 4. The topological polar surface area (TPSA) is 149 Å². The molecular formula is C24H18O8. The van der Waals surface area contributed by atoms with E-state index in [4.69, 9.17) is 0 Å². The number of carboxylic acid groups (broad SMARTS) is 4. The second kappa shape index (κ2) is 8.35. The Hall–Kier alpha value is -4.46. The zero-order valence-corrected chi connectivity index (χ0v) is 17.0. The summed E-state index contributed by atoms with van der Waals surface area (Å²) < 4.78 is 0. The first-order chi connectivity index (χ1) is 15.0. The molecule has 0 spiro atoms. The molecule has 3 rings (SSSR count). The first-order valence-electron chi connectivity index (χ1n) is 9.35. The van der Waals surface area contributed by atoms with Gasteiger partial charge in [-0.2, -0.15) is 0 Å². The van der Waals surface area contributed by atoms with Crippen LogP contribution < -0.4 is 0 Å². The van der Waals surface area contributed by atoms with E-state index in [9.17, 15) is 39.6 Å². The Kier molecular flexibility index (Phi) is 5.80. The van der Waals surface area contributed by atoms with Crippen LogP contribution in [0.15, 0.2) is 48.5 Å². The van der Waals surface area contributed by atoms with Crippen LogP contribution in [0.3, 0.4) is 0 Å². The number of aryl methyl sites for hydroxylation is 2. The van der Waals surface area contributed by atoms with Gasteiger partial charge >= 0.3 is 23.9 Å². The molecule has 0 saturated heterocycles. The summed E-state index contributed by atoms with van der Waals surface area (Å²) >= 11 is 0. The first kappa shape index (κ1) is 22.2. The van der Waals surface area contributed by atoms with Gasteiger partial charge in [0.2, 0.25) is 0 Å². The van der Waals surface area contributed by atoms with Gasteiger partial charge in [-0.3, -0.25) is 0 Å². The number of hydrogen-bond acceptors (Lipinski definition) is 4. The fourth-order valence-electron chi connectivity index (χ4n) is 3.62. The molecule has 3 aromatic rings. The van der Waals surface area contributed by atoms with E-state index in [1.165, 1.54) is 24.3 Å². The van der Waals surface area contributed by atoms with E-state index in [1.54, 1.807) is 38.1 Å². The highest BCUT2D eigenvalue weighted by molar-refractivity contribution is 6.21. The molecule has 4 N–H and O–H groups in total. The maximum absolute atomic E-state index is 12.3. The van der Waals surface area contributed by atoms with Gasteiger partial charge in [0.15, 0.2) is 0 Å². The Morgan fingerprint density at radius 2 is 0.688 bits per heavy atom. The van der Waals surface area contributed by atoms with Gasteiger partial charge in [0.05, 0.1) is 22.3 Å². The Labute approximate surface area is 182 Å². The van der Waals surface area contributed by atoms with E-state index in [1.807, 2.05) is 0 Å². The van der Waals surface area contributed by atoms with Crippen LogP contribution in [0.25, 0.3) is 22.3 Å². The summed E-state index contributed by atoms with van der Waals surface area (Å²) in [5.74, 6) is -6.76. The highest BCUT2D eigenvalue weighted by atomic mass is 16.4. The molecule has 0 fully saturated rings. The van der Waals surface area contributed by atoms with E-state index in [2.05, 4.69) is 0 Å². The van der Waals surface area contributed by atoms with Crippen LogP contribution in [0, 0.1) is 13.8 Å². The van der Waals surface area contributed by atoms with Crippen molar-refractivity contribution < 1.29 is 39.6 Å². The summed E-state index contributed by atoms with van der Waals surface area (Å²) in [7, 11) is 0. The number of carbonyl (C=O) groups is 4. The second-order valence-corrected chi connectivity index (χ2v) is 7.20. The van der Waals surface area contributed by atoms with Crippen LogP contribution in [0.5, 0.6) is 0 Å². The minimum Gasteiger partial charge on any atom is -0.478 e. The lowest BCUT2D eigenvalue weighted by atomic mass is 9.81. The predicted molar refractivity (Wildman–Crippen MR) is 115 cm³/mol. The van der Waals surface area contributed by atoms with Crippen LogP contribution in [0.1, 0.15) is 52.6 Å². The van der Waals surface area contributed by atoms with E-state index in [0.29, 0.717) is 0 Å². The average molecular weight is 434 g/mol. The van der Waals surface area contributed by atoms with Crippen molar-refractivity contribution in [3.63, 3.8) is 0 Å². The van der Waals surface area contributed by atoms with Crippen LogP contribution in [0.4, 0.5) is 0 Å². The van der Waals surface area contributed by atoms with Crippen molar-refractivity contribution in [2.75, 3.05) is 0 Å². The van der Waals surface area contributed by atoms with E-state index in [-0.39, 0.29) is 11.1 Å². The third-order valence-corrected chi connectivity index (χ3v) is 5.04. The number of rotatable bonds is 6. The van der Waals surface area contributed by atoms with Crippen LogP contribution in [-0.2, 0) is 0 Å². The van der Waals surface area contributed by atoms with Crippen molar-refractivity contribution in [3.8, 4) is 22.3 Å². The second-order valence-electron chi connectivity index (χ2n) is 7.20. The molecule has 0 amide bonds. The Morgan fingerprint density at radius 3 is 0.875 bits per heavy atom. The van der Waals surface area contributed by atoms with E-state index >= 15 is 0 Å². The molecule has 0 aromatic heterocycles. The minimum atomic E-state index is -1.69. The monoisotopic (exact) mass is 434 g/mol. The molecule has 162 valence electrons. The molecular weight excluding hydrogens is 416 g/mol.